The molecule has 0 saturated carbocycles. The molecule has 3 aromatic carbocycles. The number of rotatable bonds is 16. The quantitative estimate of drug-likeness (QED) is 0.111. The molecular formula is C40H45ClN4O7. The predicted octanol–water partition coefficient (Wildman–Crippen LogP) is 5.36. The lowest BCUT2D eigenvalue weighted by molar-refractivity contribution is 0.0720. The molecule has 1 saturated heterocycles. The van der Waals surface area contributed by atoms with Gasteiger partial charge < -0.3 is 39.7 Å². The van der Waals surface area contributed by atoms with Crippen molar-refractivity contribution in [3.05, 3.63) is 105 Å². The summed E-state index contributed by atoms with van der Waals surface area (Å²) in [5.41, 5.74) is 4.84. The lowest BCUT2D eigenvalue weighted by Gasteiger charge is -2.26. The predicted molar refractivity (Wildman–Crippen MR) is 198 cm³/mol. The maximum absolute atomic E-state index is 13.4. The van der Waals surface area contributed by atoms with Crippen molar-refractivity contribution >= 4 is 17.5 Å². The number of pyridine rings is 1. The summed E-state index contributed by atoms with van der Waals surface area (Å²) in [6.07, 6.45) is 4.48. The van der Waals surface area contributed by atoms with Gasteiger partial charge in [-0.25, -0.2) is 0 Å². The van der Waals surface area contributed by atoms with Crippen LogP contribution in [0.5, 0.6) is 17.2 Å². The van der Waals surface area contributed by atoms with Crippen LogP contribution in [0.1, 0.15) is 57.9 Å². The van der Waals surface area contributed by atoms with E-state index in [1.54, 1.807) is 12.3 Å². The zero-order valence-electron chi connectivity index (χ0n) is 29.7. The van der Waals surface area contributed by atoms with Gasteiger partial charge in [0.05, 0.1) is 47.6 Å². The number of amides is 1. The van der Waals surface area contributed by atoms with Crippen LogP contribution in [0.3, 0.4) is 0 Å². The van der Waals surface area contributed by atoms with Crippen molar-refractivity contribution in [2.45, 2.75) is 58.5 Å². The number of hydrogen-bond donors (Lipinski definition) is 4. The molecule has 4 aromatic rings. The number of nitriles is 1. The summed E-state index contributed by atoms with van der Waals surface area (Å²) in [4.78, 5) is 19.7. The van der Waals surface area contributed by atoms with Crippen molar-refractivity contribution in [2.75, 3.05) is 39.5 Å². The van der Waals surface area contributed by atoms with Gasteiger partial charge in [0, 0.05) is 43.7 Å². The Labute approximate surface area is 309 Å². The van der Waals surface area contributed by atoms with Crippen LogP contribution in [0, 0.1) is 25.2 Å². The standard InChI is InChI=1S/C40H45ClN4O7/c1-26-30(7-4-8-32(26)33-9-5-10-36(27(33)2)50-14-6-12-45-13-11-31(48)21-45)23-52-38-17-37(51-22-29-15-28(18-42)19-43-20-29)34(16-35(38)41)39(49)44-40(3,24-46)25-47/h4-5,7-10,15-17,19-20,31,46-48H,6,11-14,21-25H2,1-3H3,(H,44,49)/t31-/m0/s1. The average Bonchev–Trinajstić information content (AvgIpc) is 3.57. The van der Waals surface area contributed by atoms with Crippen LogP contribution in [-0.4, -0.2) is 82.2 Å². The third kappa shape index (κ3) is 9.59. The molecule has 2 heterocycles. The Morgan fingerprint density at radius 3 is 2.44 bits per heavy atom. The van der Waals surface area contributed by atoms with Gasteiger partial charge in [-0.3, -0.25) is 9.78 Å². The topological polar surface area (TPSA) is 157 Å². The Kier molecular flexibility index (Phi) is 13.1. The van der Waals surface area contributed by atoms with Gasteiger partial charge in [-0.1, -0.05) is 41.9 Å². The fourth-order valence-electron chi connectivity index (χ4n) is 6.04. The number of aliphatic hydroxyl groups excluding tert-OH is 3. The normalized spacial score (nSPS) is 14.5. The molecule has 11 nitrogen and oxygen atoms in total. The highest BCUT2D eigenvalue weighted by molar-refractivity contribution is 6.32. The van der Waals surface area contributed by atoms with E-state index in [-0.39, 0.29) is 41.4 Å². The Hall–Kier alpha value is -4.70. The number of nitrogens with one attached hydrogen (secondary N) is 1. The molecule has 1 amide bonds. The van der Waals surface area contributed by atoms with Gasteiger partial charge in [0.1, 0.15) is 36.5 Å². The molecule has 52 heavy (non-hydrogen) atoms. The summed E-state index contributed by atoms with van der Waals surface area (Å²) >= 11 is 6.67. The molecule has 4 N–H and O–H groups in total. The van der Waals surface area contributed by atoms with Gasteiger partial charge in [-0.15, -0.1) is 0 Å². The van der Waals surface area contributed by atoms with Crippen molar-refractivity contribution in [1.82, 2.24) is 15.2 Å². The van der Waals surface area contributed by atoms with E-state index in [1.807, 2.05) is 37.3 Å². The molecule has 0 radical (unpaired) electrons. The molecular weight excluding hydrogens is 684 g/mol. The SMILES string of the molecule is Cc1c(COc2cc(OCc3cncc(C#N)c3)c(C(=O)NC(C)(CO)CO)cc2Cl)cccc1-c1cccc(OCCCN2CC[C@H](O)C2)c1C. The fraction of sp³-hybridized carbons (Fsp3) is 0.375. The van der Waals surface area contributed by atoms with Gasteiger partial charge >= 0.3 is 0 Å². The summed E-state index contributed by atoms with van der Waals surface area (Å²) in [6, 6.07) is 18.7. The second-order valence-electron chi connectivity index (χ2n) is 13.3. The molecule has 0 unspecified atom stereocenters. The van der Waals surface area contributed by atoms with E-state index in [0.717, 1.165) is 66.0 Å². The van der Waals surface area contributed by atoms with E-state index in [0.29, 0.717) is 17.7 Å². The molecule has 5 rings (SSSR count). The van der Waals surface area contributed by atoms with Crippen LogP contribution < -0.4 is 19.5 Å². The van der Waals surface area contributed by atoms with Crippen molar-refractivity contribution in [1.29, 1.82) is 5.26 Å². The first-order chi connectivity index (χ1) is 25.0. The lowest BCUT2D eigenvalue weighted by Crippen LogP contribution is -2.51. The van der Waals surface area contributed by atoms with Gasteiger partial charge in [0.2, 0.25) is 0 Å². The van der Waals surface area contributed by atoms with Crippen LogP contribution >= 0.6 is 11.6 Å². The largest absolute Gasteiger partial charge is 0.493 e. The number of nitrogens with zero attached hydrogens (tertiary/aromatic N) is 3. The first kappa shape index (κ1) is 38.5. The number of aromatic nitrogens is 1. The number of carbonyl (C=O) groups is 1. The van der Waals surface area contributed by atoms with Crippen molar-refractivity contribution < 1.29 is 34.3 Å². The van der Waals surface area contributed by atoms with Crippen molar-refractivity contribution in [3.63, 3.8) is 0 Å². The summed E-state index contributed by atoms with van der Waals surface area (Å²) in [6.45, 7) is 7.91. The molecule has 12 heteroatoms. The summed E-state index contributed by atoms with van der Waals surface area (Å²) in [5, 5.41) is 41.4. The zero-order chi connectivity index (χ0) is 37.3. The van der Waals surface area contributed by atoms with E-state index in [4.69, 9.17) is 25.8 Å². The lowest BCUT2D eigenvalue weighted by atomic mass is 9.93. The van der Waals surface area contributed by atoms with Gasteiger partial charge in [-0.2, -0.15) is 5.26 Å². The number of hydrogen-bond acceptors (Lipinski definition) is 10. The smallest absolute Gasteiger partial charge is 0.255 e. The summed E-state index contributed by atoms with van der Waals surface area (Å²) < 4.78 is 18.5. The number of aliphatic hydroxyl groups is 3. The second kappa shape index (κ2) is 17.7. The van der Waals surface area contributed by atoms with E-state index in [9.17, 15) is 25.4 Å². The minimum atomic E-state index is -1.29. The molecule has 1 atom stereocenters. The number of likely N-dealkylation sites (tertiary alicyclic amines) is 1. The first-order valence-electron chi connectivity index (χ1n) is 17.2. The number of carbonyl (C=O) groups excluding carboxylic acids is 1. The molecule has 1 aromatic heterocycles. The maximum Gasteiger partial charge on any atom is 0.255 e. The maximum atomic E-state index is 13.4. The van der Waals surface area contributed by atoms with Crippen molar-refractivity contribution in [2.24, 2.45) is 0 Å². The van der Waals surface area contributed by atoms with Crippen LogP contribution in [0.2, 0.25) is 5.02 Å². The van der Waals surface area contributed by atoms with E-state index >= 15 is 0 Å². The van der Waals surface area contributed by atoms with Crippen LogP contribution in [0.15, 0.2) is 67.0 Å². The third-order valence-corrected chi connectivity index (χ3v) is 9.53. The number of benzene rings is 3. The van der Waals surface area contributed by atoms with Gasteiger partial charge in [-0.05, 0) is 79.6 Å². The van der Waals surface area contributed by atoms with E-state index in [2.05, 4.69) is 34.3 Å². The molecule has 1 fully saturated rings. The van der Waals surface area contributed by atoms with Gasteiger partial charge in [0.15, 0.2) is 0 Å². The van der Waals surface area contributed by atoms with E-state index < -0.39 is 24.7 Å². The molecule has 0 spiro atoms. The summed E-state index contributed by atoms with van der Waals surface area (Å²) in [5.74, 6) is 0.642. The molecule has 274 valence electrons. The number of ether oxygens (including phenoxy) is 3. The minimum Gasteiger partial charge on any atom is -0.493 e. The van der Waals surface area contributed by atoms with Gasteiger partial charge in [0.25, 0.3) is 5.91 Å². The molecule has 0 aliphatic carbocycles. The molecule has 0 bridgehead atoms. The highest BCUT2D eigenvalue weighted by atomic mass is 35.5. The van der Waals surface area contributed by atoms with E-state index in [1.165, 1.54) is 25.3 Å². The third-order valence-electron chi connectivity index (χ3n) is 9.24. The summed E-state index contributed by atoms with van der Waals surface area (Å²) in [7, 11) is 0. The Morgan fingerprint density at radius 1 is 1.00 bits per heavy atom. The van der Waals surface area contributed by atoms with Crippen LogP contribution in [-0.2, 0) is 13.2 Å². The fourth-order valence-corrected chi connectivity index (χ4v) is 6.25. The van der Waals surface area contributed by atoms with Crippen LogP contribution in [0.25, 0.3) is 11.1 Å². The Morgan fingerprint density at radius 2 is 1.73 bits per heavy atom. The molecule has 1 aliphatic heterocycles. The van der Waals surface area contributed by atoms with Crippen molar-refractivity contribution in [3.8, 4) is 34.4 Å². The average molecular weight is 729 g/mol. The second-order valence-corrected chi connectivity index (χ2v) is 13.8. The first-order valence-corrected chi connectivity index (χ1v) is 17.6. The highest BCUT2D eigenvalue weighted by Crippen LogP contribution is 2.36. The monoisotopic (exact) mass is 728 g/mol. The number of β-amino-alcohol motifs (C(OH)–C–C–N with tert-alkyl or cyclic N) is 1. The Bertz CT molecular complexity index is 1910. The zero-order valence-corrected chi connectivity index (χ0v) is 30.4. The highest BCUT2D eigenvalue weighted by Gasteiger charge is 2.28. The Balaban J connectivity index is 1.33. The molecule has 1 aliphatic rings. The minimum absolute atomic E-state index is 0.00694. The van der Waals surface area contributed by atoms with Crippen LogP contribution in [0.4, 0.5) is 0 Å². The number of halogens is 1.